The zero-order chi connectivity index (χ0) is 20.6. The standard InChI is InChI=1S/C21H27FN4O3/c22-16-8-6-15(7-9-16)14-26-20(28)11-10-18(25-26)21(29)23-13-12-19(27)24-17-4-2-1-3-5-17/h6-9,17H,1-5,10-14H2,(H,23,29)(H,24,27). The number of rotatable bonds is 7. The maximum Gasteiger partial charge on any atom is 0.267 e. The lowest BCUT2D eigenvalue weighted by Crippen LogP contribution is -2.41. The Hall–Kier alpha value is -2.77. The van der Waals surface area contributed by atoms with Crippen molar-refractivity contribution in [1.82, 2.24) is 15.6 Å². The van der Waals surface area contributed by atoms with Crippen molar-refractivity contribution in [3.8, 4) is 0 Å². The van der Waals surface area contributed by atoms with E-state index in [1.54, 1.807) is 12.1 Å². The molecule has 1 aliphatic carbocycles. The molecule has 0 atom stereocenters. The number of benzene rings is 1. The fourth-order valence-corrected chi connectivity index (χ4v) is 3.59. The summed E-state index contributed by atoms with van der Waals surface area (Å²) in [7, 11) is 0. The number of amides is 3. The molecule has 0 saturated heterocycles. The van der Waals surface area contributed by atoms with E-state index in [1.165, 1.54) is 23.6 Å². The Bertz CT molecular complexity index is 773. The Balaban J connectivity index is 1.46. The first-order valence-corrected chi connectivity index (χ1v) is 10.2. The molecule has 0 bridgehead atoms. The molecular weight excluding hydrogens is 375 g/mol. The number of nitrogens with zero attached hydrogens (tertiary/aromatic N) is 2. The van der Waals surface area contributed by atoms with E-state index in [4.69, 9.17) is 0 Å². The fourth-order valence-electron chi connectivity index (χ4n) is 3.59. The molecule has 3 amide bonds. The van der Waals surface area contributed by atoms with Gasteiger partial charge in [-0.15, -0.1) is 0 Å². The number of hydrazone groups is 1. The molecule has 0 radical (unpaired) electrons. The van der Waals surface area contributed by atoms with E-state index in [2.05, 4.69) is 15.7 Å². The zero-order valence-corrected chi connectivity index (χ0v) is 16.5. The first-order chi connectivity index (χ1) is 14.0. The molecule has 0 unspecified atom stereocenters. The summed E-state index contributed by atoms with van der Waals surface area (Å²) >= 11 is 0. The Morgan fingerprint density at radius 2 is 1.83 bits per heavy atom. The minimum Gasteiger partial charge on any atom is -0.353 e. The van der Waals surface area contributed by atoms with Gasteiger partial charge in [-0.3, -0.25) is 14.4 Å². The molecule has 1 saturated carbocycles. The summed E-state index contributed by atoms with van der Waals surface area (Å²) in [5.41, 5.74) is 0.990. The van der Waals surface area contributed by atoms with Gasteiger partial charge >= 0.3 is 0 Å². The lowest BCUT2D eigenvalue weighted by molar-refractivity contribution is -0.132. The van der Waals surface area contributed by atoms with Gasteiger partial charge in [-0.05, 0) is 30.5 Å². The second-order valence-electron chi connectivity index (χ2n) is 7.53. The average Bonchev–Trinajstić information content (AvgIpc) is 2.72. The van der Waals surface area contributed by atoms with E-state index < -0.39 is 0 Å². The quantitative estimate of drug-likeness (QED) is 0.733. The van der Waals surface area contributed by atoms with Gasteiger partial charge in [0, 0.05) is 31.8 Å². The van der Waals surface area contributed by atoms with E-state index >= 15 is 0 Å². The highest BCUT2D eigenvalue weighted by Crippen LogP contribution is 2.17. The first-order valence-electron chi connectivity index (χ1n) is 10.2. The van der Waals surface area contributed by atoms with Crippen molar-refractivity contribution in [3.63, 3.8) is 0 Å². The van der Waals surface area contributed by atoms with Crippen molar-refractivity contribution in [3.05, 3.63) is 35.6 Å². The molecule has 1 aromatic rings. The van der Waals surface area contributed by atoms with Crippen molar-refractivity contribution < 1.29 is 18.8 Å². The summed E-state index contributed by atoms with van der Waals surface area (Å²) in [4.78, 5) is 36.5. The summed E-state index contributed by atoms with van der Waals surface area (Å²) in [5, 5.41) is 11.1. The van der Waals surface area contributed by atoms with Gasteiger partial charge < -0.3 is 10.6 Å². The summed E-state index contributed by atoms with van der Waals surface area (Å²) < 4.78 is 13.0. The van der Waals surface area contributed by atoms with Crippen LogP contribution in [0.15, 0.2) is 29.4 Å². The minimum absolute atomic E-state index is 0.0594. The number of carbonyl (C=O) groups is 3. The van der Waals surface area contributed by atoms with Crippen LogP contribution in [0.4, 0.5) is 4.39 Å². The highest BCUT2D eigenvalue weighted by atomic mass is 19.1. The Morgan fingerprint density at radius 3 is 2.55 bits per heavy atom. The summed E-state index contributed by atoms with van der Waals surface area (Å²) in [5.74, 6) is -0.962. The van der Waals surface area contributed by atoms with Gasteiger partial charge in [0.2, 0.25) is 11.8 Å². The lowest BCUT2D eigenvalue weighted by Gasteiger charge is -2.23. The van der Waals surface area contributed by atoms with Crippen molar-refractivity contribution in [2.45, 2.75) is 64.0 Å². The molecule has 1 aliphatic heterocycles. The van der Waals surface area contributed by atoms with Crippen LogP contribution < -0.4 is 10.6 Å². The van der Waals surface area contributed by atoms with E-state index in [1.807, 2.05) is 0 Å². The van der Waals surface area contributed by atoms with E-state index in [0.717, 1.165) is 31.2 Å². The van der Waals surface area contributed by atoms with Gasteiger partial charge in [-0.2, -0.15) is 5.10 Å². The third-order valence-electron chi connectivity index (χ3n) is 5.22. The molecule has 8 heteroatoms. The van der Waals surface area contributed by atoms with Crippen molar-refractivity contribution in [1.29, 1.82) is 0 Å². The summed E-state index contributed by atoms with van der Waals surface area (Å²) in [6.45, 7) is 0.405. The van der Waals surface area contributed by atoms with Crippen LogP contribution in [0.25, 0.3) is 0 Å². The average molecular weight is 402 g/mol. The molecule has 29 heavy (non-hydrogen) atoms. The SMILES string of the molecule is O=C(CCNC(=O)C1=NN(Cc2ccc(F)cc2)C(=O)CC1)NC1CCCCC1. The van der Waals surface area contributed by atoms with Crippen LogP contribution in [-0.2, 0) is 20.9 Å². The van der Waals surface area contributed by atoms with Crippen LogP contribution in [0.3, 0.4) is 0 Å². The van der Waals surface area contributed by atoms with Crippen LogP contribution in [0.5, 0.6) is 0 Å². The highest BCUT2D eigenvalue weighted by molar-refractivity contribution is 6.39. The third-order valence-corrected chi connectivity index (χ3v) is 5.22. The lowest BCUT2D eigenvalue weighted by atomic mass is 9.95. The fraction of sp³-hybridized carbons (Fsp3) is 0.524. The number of hydrogen-bond acceptors (Lipinski definition) is 4. The maximum absolute atomic E-state index is 13.0. The van der Waals surface area contributed by atoms with Crippen molar-refractivity contribution in [2.75, 3.05) is 6.54 Å². The van der Waals surface area contributed by atoms with Crippen LogP contribution in [0, 0.1) is 5.82 Å². The molecule has 156 valence electrons. The predicted molar refractivity (Wildman–Crippen MR) is 106 cm³/mol. The van der Waals surface area contributed by atoms with Gasteiger partial charge in [0.05, 0.1) is 6.54 Å². The van der Waals surface area contributed by atoms with Crippen molar-refractivity contribution in [2.24, 2.45) is 5.10 Å². The Kier molecular flexibility index (Phi) is 7.32. The second kappa shape index (κ2) is 10.1. The minimum atomic E-state index is -0.368. The van der Waals surface area contributed by atoms with Gasteiger partial charge in [0.1, 0.15) is 11.5 Å². The van der Waals surface area contributed by atoms with Crippen LogP contribution in [0.2, 0.25) is 0 Å². The molecule has 0 aromatic heterocycles. The number of halogens is 1. The highest BCUT2D eigenvalue weighted by Gasteiger charge is 2.24. The van der Waals surface area contributed by atoms with E-state index in [-0.39, 0.29) is 67.6 Å². The maximum atomic E-state index is 13.0. The predicted octanol–water partition coefficient (Wildman–Crippen LogP) is 2.26. The summed E-state index contributed by atoms with van der Waals surface area (Å²) in [6.07, 6.45) is 6.23. The van der Waals surface area contributed by atoms with E-state index in [9.17, 15) is 18.8 Å². The summed E-state index contributed by atoms with van der Waals surface area (Å²) in [6, 6.07) is 6.05. The van der Waals surface area contributed by atoms with Crippen LogP contribution in [0.1, 0.15) is 56.9 Å². The monoisotopic (exact) mass is 402 g/mol. The number of nitrogens with one attached hydrogen (secondary N) is 2. The molecule has 7 nitrogen and oxygen atoms in total. The van der Waals surface area contributed by atoms with Gasteiger partial charge in [-0.1, -0.05) is 31.4 Å². The van der Waals surface area contributed by atoms with Gasteiger partial charge in [-0.25, -0.2) is 9.40 Å². The number of carbonyl (C=O) groups excluding carboxylic acids is 3. The molecule has 1 heterocycles. The molecule has 2 N–H and O–H groups in total. The molecule has 0 spiro atoms. The molecule has 1 fully saturated rings. The molecule has 1 aromatic carbocycles. The third kappa shape index (κ3) is 6.37. The van der Waals surface area contributed by atoms with E-state index in [0.29, 0.717) is 0 Å². The molecular formula is C21H27FN4O3. The molecule has 2 aliphatic rings. The first kappa shape index (κ1) is 21.0. The number of hydrogen-bond donors (Lipinski definition) is 2. The topological polar surface area (TPSA) is 90.9 Å². The largest absolute Gasteiger partial charge is 0.353 e. The second-order valence-corrected chi connectivity index (χ2v) is 7.53. The van der Waals surface area contributed by atoms with Crippen LogP contribution in [-0.4, -0.2) is 41.0 Å². The Morgan fingerprint density at radius 1 is 1.10 bits per heavy atom. The Labute approximate surface area is 169 Å². The van der Waals surface area contributed by atoms with Gasteiger partial charge in [0.25, 0.3) is 5.91 Å². The molecule has 3 rings (SSSR count). The van der Waals surface area contributed by atoms with Crippen LogP contribution >= 0.6 is 0 Å². The normalized spacial score (nSPS) is 17.6. The van der Waals surface area contributed by atoms with Crippen molar-refractivity contribution >= 4 is 23.4 Å². The zero-order valence-electron chi connectivity index (χ0n) is 16.5. The smallest absolute Gasteiger partial charge is 0.267 e. The van der Waals surface area contributed by atoms with Gasteiger partial charge in [0.15, 0.2) is 0 Å².